The Bertz CT molecular complexity index is 746. The first-order valence-electron chi connectivity index (χ1n) is 5.67. The summed E-state index contributed by atoms with van der Waals surface area (Å²) >= 11 is 5.93. The number of nitrogen functional groups attached to an aromatic ring is 1. The molecule has 0 bridgehead atoms. The smallest absolute Gasteiger partial charge is 0.219 e. The van der Waals surface area contributed by atoms with E-state index in [0.717, 1.165) is 10.9 Å². The van der Waals surface area contributed by atoms with Crippen LogP contribution in [0.25, 0.3) is 10.9 Å². The van der Waals surface area contributed by atoms with Gasteiger partial charge in [-0.2, -0.15) is 0 Å². The van der Waals surface area contributed by atoms with E-state index in [9.17, 15) is 0 Å². The molecule has 94 valence electrons. The Morgan fingerprint density at radius 3 is 2.84 bits per heavy atom. The number of hydrogen-bond donors (Lipinski definition) is 1. The molecular weight excluding hydrogens is 262 g/mol. The minimum atomic E-state index is 0.307. The molecule has 0 aliphatic rings. The predicted molar refractivity (Wildman–Crippen MR) is 75.5 cm³/mol. The van der Waals surface area contributed by atoms with E-state index in [1.165, 1.54) is 0 Å². The number of aromatic nitrogens is 2. The van der Waals surface area contributed by atoms with Crippen molar-refractivity contribution in [3.8, 4) is 11.6 Å². The molecule has 0 saturated heterocycles. The number of hydrogen-bond acceptors (Lipinski definition) is 4. The molecule has 0 spiro atoms. The number of pyridine rings is 2. The highest BCUT2D eigenvalue weighted by molar-refractivity contribution is 6.30. The second-order valence-corrected chi connectivity index (χ2v) is 4.35. The molecule has 0 amide bonds. The summed E-state index contributed by atoms with van der Waals surface area (Å²) in [4.78, 5) is 8.33. The van der Waals surface area contributed by atoms with Crippen molar-refractivity contribution in [2.45, 2.75) is 0 Å². The van der Waals surface area contributed by atoms with Crippen molar-refractivity contribution in [2.75, 3.05) is 5.73 Å². The number of nitrogens with two attached hydrogens (primary N) is 1. The minimum Gasteiger partial charge on any atom is -0.436 e. The minimum absolute atomic E-state index is 0.307. The third-order valence-electron chi connectivity index (χ3n) is 2.63. The summed E-state index contributed by atoms with van der Waals surface area (Å²) in [6, 6.07) is 12.7. The Balaban J connectivity index is 1.98. The molecule has 0 unspecified atom stereocenters. The Morgan fingerprint density at radius 2 is 2.00 bits per heavy atom. The van der Waals surface area contributed by atoms with Crippen molar-refractivity contribution >= 4 is 28.2 Å². The van der Waals surface area contributed by atoms with Gasteiger partial charge in [-0.3, -0.25) is 0 Å². The van der Waals surface area contributed by atoms with Crippen LogP contribution in [0.2, 0.25) is 5.15 Å². The number of anilines is 1. The van der Waals surface area contributed by atoms with E-state index in [4.69, 9.17) is 22.1 Å². The van der Waals surface area contributed by atoms with E-state index in [2.05, 4.69) is 9.97 Å². The molecule has 0 radical (unpaired) electrons. The molecule has 2 N–H and O–H groups in total. The zero-order valence-corrected chi connectivity index (χ0v) is 10.6. The zero-order chi connectivity index (χ0) is 13.2. The summed E-state index contributed by atoms with van der Waals surface area (Å²) in [5.41, 5.74) is 7.24. The molecule has 5 heteroatoms. The Kier molecular flexibility index (Phi) is 2.93. The maximum absolute atomic E-state index is 5.93. The number of rotatable bonds is 2. The molecule has 0 fully saturated rings. The van der Waals surface area contributed by atoms with Crippen LogP contribution in [0.15, 0.2) is 48.7 Å². The van der Waals surface area contributed by atoms with Crippen LogP contribution in [-0.2, 0) is 0 Å². The lowest BCUT2D eigenvalue weighted by atomic mass is 10.2. The number of halogens is 1. The number of benzene rings is 1. The van der Waals surface area contributed by atoms with Crippen LogP contribution in [0.5, 0.6) is 11.6 Å². The van der Waals surface area contributed by atoms with Crippen molar-refractivity contribution in [1.29, 1.82) is 0 Å². The Hall–Kier alpha value is -2.33. The third-order valence-corrected chi connectivity index (χ3v) is 2.91. The molecule has 0 aliphatic carbocycles. The van der Waals surface area contributed by atoms with Gasteiger partial charge in [0.05, 0.1) is 5.52 Å². The fourth-order valence-electron chi connectivity index (χ4n) is 1.74. The largest absolute Gasteiger partial charge is 0.436 e. The van der Waals surface area contributed by atoms with Crippen molar-refractivity contribution in [3.05, 3.63) is 53.8 Å². The van der Waals surface area contributed by atoms with Crippen LogP contribution < -0.4 is 10.5 Å². The van der Waals surface area contributed by atoms with E-state index in [1.54, 1.807) is 30.5 Å². The first-order valence-corrected chi connectivity index (χ1v) is 6.05. The van der Waals surface area contributed by atoms with Gasteiger partial charge in [-0.05, 0) is 36.4 Å². The number of ether oxygens (including phenoxy) is 1. The van der Waals surface area contributed by atoms with E-state index < -0.39 is 0 Å². The predicted octanol–water partition coefficient (Wildman–Crippen LogP) is 3.66. The monoisotopic (exact) mass is 271 g/mol. The summed E-state index contributed by atoms with van der Waals surface area (Å²) < 4.78 is 5.61. The number of nitrogens with zero attached hydrogens (tertiary/aromatic N) is 2. The van der Waals surface area contributed by atoms with Crippen LogP contribution in [0, 0.1) is 0 Å². The molecule has 0 saturated carbocycles. The van der Waals surface area contributed by atoms with Crippen LogP contribution in [0.4, 0.5) is 5.69 Å². The second kappa shape index (κ2) is 4.74. The SMILES string of the molecule is Nc1ccc2nc(Oc3cccnc3Cl)ccc2c1. The van der Waals surface area contributed by atoms with Gasteiger partial charge in [0, 0.05) is 23.3 Å². The first-order chi connectivity index (χ1) is 9.22. The first kappa shape index (κ1) is 11.7. The van der Waals surface area contributed by atoms with Gasteiger partial charge in [0.2, 0.25) is 5.88 Å². The fourth-order valence-corrected chi connectivity index (χ4v) is 1.90. The van der Waals surface area contributed by atoms with Crippen molar-refractivity contribution < 1.29 is 4.74 Å². The summed E-state index contributed by atoms with van der Waals surface area (Å²) in [5, 5.41) is 1.27. The Morgan fingerprint density at radius 1 is 1.11 bits per heavy atom. The maximum atomic E-state index is 5.93. The van der Waals surface area contributed by atoms with Crippen LogP contribution in [-0.4, -0.2) is 9.97 Å². The summed E-state index contributed by atoms with van der Waals surface area (Å²) in [5.74, 6) is 0.943. The summed E-state index contributed by atoms with van der Waals surface area (Å²) in [6.45, 7) is 0. The van der Waals surface area contributed by atoms with Gasteiger partial charge < -0.3 is 10.5 Å². The van der Waals surface area contributed by atoms with Gasteiger partial charge in [0.25, 0.3) is 0 Å². The standard InChI is InChI=1S/C14H10ClN3O/c15-14-12(2-1-7-17-14)19-13-6-3-9-8-10(16)4-5-11(9)18-13/h1-8H,16H2. The summed E-state index contributed by atoms with van der Waals surface area (Å²) in [7, 11) is 0. The highest BCUT2D eigenvalue weighted by Crippen LogP contribution is 2.27. The van der Waals surface area contributed by atoms with Crippen molar-refractivity contribution in [3.63, 3.8) is 0 Å². The van der Waals surface area contributed by atoms with Crippen LogP contribution in [0.3, 0.4) is 0 Å². The fraction of sp³-hybridized carbons (Fsp3) is 0. The molecule has 0 aliphatic heterocycles. The average Bonchev–Trinajstić information content (AvgIpc) is 2.41. The van der Waals surface area contributed by atoms with Gasteiger partial charge in [-0.15, -0.1) is 0 Å². The average molecular weight is 272 g/mol. The zero-order valence-electron chi connectivity index (χ0n) is 9.88. The molecule has 2 aromatic heterocycles. The highest BCUT2D eigenvalue weighted by Gasteiger charge is 2.05. The second-order valence-electron chi connectivity index (χ2n) is 4.00. The van der Waals surface area contributed by atoms with E-state index >= 15 is 0 Å². The van der Waals surface area contributed by atoms with Crippen LogP contribution in [0.1, 0.15) is 0 Å². The normalized spacial score (nSPS) is 10.6. The lowest BCUT2D eigenvalue weighted by Gasteiger charge is -2.06. The van der Waals surface area contributed by atoms with Gasteiger partial charge in [0.15, 0.2) is 10.9 Å². The lowest BCUT2D eigenvalue weighted by Crippen LogP contribution is -1.91. The Labute approximate surface area is 114 Å². The van der Waals surface area contributed by atoms with Gasteiger partial charge in [0.1, 0.15) is 0 Å². The van der Waals surface area contributed by atoms with Gasteiger partial charge >= 0.3 is 0 Å². The quantitative estimate of drug-likeness (QED) is 0.571. The highest BCUT2D eigenvalue weighted by atomic mass is 35.5. The van der Waals surface area contributed by atoms with Gasteiger partial charge in [-0.1, -0.05) is 11.6 Å². The van der Waals surface area contributed by atoms with Gasteiger partial charge in [-0.25, -0.2) is 9.97 Å². The molecule has 0 atom stereocenters. The molecular formula is C14H10ClN3O. The lowest BCUT2D eigenvalue weighted by molar-refractivity contribution is 0.463. The molecule has 3 aromatic rings. The van der Waals surface area contributed by atoms with Crippen molar-refractivity contribution in [2.24, 2.45) is 0 Å². The topological polar surface area (TPSA) is 61.0 Å². The van der Waals surface area contributed by atoms with Crippen molar-refractivity contribution in [1.82, 2.24) is 9.97 Å². The molecule has 3 rings (SSSR count). The van der Waals surface area contributed by atoms with E-state index in [1.807, 2.05) is 18.2 Å². The van der Waals surface area contributed by atoms with E-state index in [0.29, 0.717) is 22.5 Å². The van der Waals surface area contributed by atoms with E-state index in [-0.39, 0.29) is 0 Å². The molecule has 4 nitrogen and oxygen atoms in total. The molecule has 2 heterocycles. The molecule has 19 heavy (non-hydrogen) atoms. The van der Waals surface area contributed by atoms with Crippen LogP contribution >= 0.6 is 11.6 Å². The molecule has 1 aromatic carbocycles. The number of fused-ring (bicyclic) bond motifs is 1. The summed E-state index contributed by atoms with van der Waals surface area (Å²) in [6.07, 6.45) is 1.60. The third kappa shape index (κ3) is 2.44. The maximum Gasteiger partial charge on any atom is 0.219 e.